The Labute approximate surface area is 280 Å². The van der Waals surface area contributed by atoms with Crippen LogP contribution in [-0.2, 0) is 27.3 Å². The highest BCUT2D eigenvalue weighted by Gasteiger charge is 2.52. The van der Waals surface area contributed by atoms with Crippen LogP contribution in [0.1, 0.15) is 54.6 Å². The number of aromatic nitrogens is 1. The van der Waals surface area contributed by atoms with Crippen LogP contribution in [0.2, 0.25) is 0 Å². The number of carbonyl (C=O) groups excluding carboxylic acids is 4. The number of rotatable bonds is 7. The molecule has 1 fully saturated rings. The van der Waals surface area contributed by atoms with Crippen LogP contribution in [0.15, 0.2) is 54.9 Å². The molecule has 1 aromatic heterocycles. The number of methoxy groups -OCH3 is 3. The number of nitrogens with one attached hydrogen (secondary N) is 3. The van der Waals surface area contributed by atoms with E-state index in [-0.39, 0.29) is 49.4 Å². The maximum absolute atomic E-state index is 13.9. The quantitative estimate of drug-likeness (QED) is 0.351. The lowest BCUT2D eigenvalue weighted by Crippen LogP contribution is -2.56. The molecular weight excluding hydrogens is 614 g/mol. The number of ether oxygens (including phenoxy) is 3. The lowest BCUT2D eigenvalue weighted by molar-refractivity contribution is -0.132. The van der Waals surface area contributed by atoms with Crippen LogP contribution in [0.5, 0.6) is 17.2 Å². The summed E-state index contributed by atoms with van der Waals surface area (Å²) in [5, 5.41) is 8.71. The molecule has 1 atom stereocenters. The zero-order valence-corrected chi connectivity index (χ0v) is 28.1. The van der Waals surface area contributed by atoms with E-state index in [9.17, 15) is 19.2 Å². The molecule has 1 spiro atoms. The molecule has 48 heavy (non-hydrogen) atoms. The minimum atomic E-state index is -1.11. The van der Waals surface area contributed by atoms with Gasteiger partial charge in [0.15, 0.2) is 11.5 Å². The Morgan fingerprint density at radius 2 is 1.71 bits per heavy atom. The van der Waals surface area contributed by atoms with E-state index >= 15 is 0 Å². The second-order valence-corrected chi connectivity index (χ2v) is 12.6. The minimum Gasteiger partial charge on any atom is -0.496 e. The van der Waals surface area contributed by atoms with Gasteiger partial charge in [0.2, 0.25) is 17.7 Å². The maximum atomic E-state index is 13.9. The van der Waals surface area contributed by atoms with Gasteiger partial charge in [-0.1, -0.05) is 32.0 Å². The number of benzene rings is 2. The highest BCUT2D eigenvalue weighted by atomic mass is 16.5. The number of hydrogen-bond acceptors (Lipinski definition) is 8. The molecule has 5 rings (SSSR count). The van der Waals surface area contributed by atoms with Crippen molar-refractivity contribution in [2.45, 2.75) is 57.7 Å². The van der Waals surface area contributed by atoms with E-state index in [0.717, 1.165) is 11.1 Å². The van der Waals surface area contributed by atoms with Crippen molar-refractivity contribution >= 4 is 23.6 Å². The average Bonchev–Trinajstić information content (AvgIpc) is 3.87. The first-order valence-electron chi connectivity index (χ1n) is 16.1. The Hall–Kier alpha value is -5.13. The van der Waals surface area contributed by atoms with Gasteiger partial charge in [-0.25, -0.2) is 0 Å². The van der Waals surface area contributed by atoms with Crippen molar-refractivity contribution in [1.29, 1.82) is 0 Å². The molecule has 2 aliphatic rings. The summed E-state index contributed by atoms with van der Waals surface area (Å²) in [5.74, 6) is 0.174. The van der Waals surface area contributed by atoms with Crippen molar-refractivity contribution in [3.8, 4) is 28.4 Å². The van der Waals surface area contributed by atoms with Gasteiger partial charge in [0, 0.05) is 48.7 Å². The molecule has 0 radical (unpaired) electrons. The van der Waals surface area contributed by atoms with Gasteiger partial charge in [0.05, 0.1) is 33.3 Å². The number of nitrogens with zero attached hydrogens (tertiary/aromatic N) is 2. The van der Waals surface area contributed by atoms with Crippen molar-refractivity contribution in [3.05, 3.63) is 71.5 Å². The van der Waals surface area contributed by atoms with Gasteiger partial charge in [-0.15, -0.1) is 0 Å². The molecule has 4 amide bonds. The van der Waals surface area contributed by atoms with Crippen molar-refractivity contribution in [2.24, 2.45) is 5.92 Å². The van der Waals surface area contributed by atoms with Gasteiger partial charge >= 0.3 is 0 Å². The predicted molar refractivity (Wildman–Crippen MR) is 179 cm³/mol. The number of amides is 4. The van der Waals surface area contributed by atoms with E-state index in [2.05, 4.69) is 20.9 Å². The second-order valence-electron chi connectivity index (χ2n) is 12.6. The summed E-state index contributed by atoms with van der Waals surface area (Å²) in [6.45, 7) is 4.46. The molecule has 2 heterocycles. The van der Waals surface area contributed by atoms with Crippen molar-refractivity contribution < 1.29 is 33.4 Å². The normalized spacial score (nSPS) is 17.8. The van der Waals surface area contributed by atoms with Crippen LogP contribution in [-0.4, -0.2) is 79.5 Å². The summed E-state index contributed by atoms with van der Waals surface area (Å²) in [6.07, 6.45) is 4.43. The zero-order chi connectivity index (χ0) is 34.4. The van der Waals surface area contributed by atoms with Crippen LogP contribution in [0.25, 0.3) is 11.1 Å². The molecule has 2 aromatic carbocycles. The van der Waals surface area contributed by atoms with E-state index in [0.29, 0.717) is 47.6 Å². The standard InChI is InChI=1S/C36H43N5O7/c1-22(2)14-28-34(44)38-12-13-41(31(42)18-24-8-6-7-9-29(24)46-3)21-23-15-27(32(48-5)30(16-23)47-4)25-17-26(20-37-19-25)33(43)40-36(10-11-36)35(45)39-28/h6-9,15-17,19-20,22,28H,10-14,18,21H2,1-5H3,(H,38,44)(H,39,45)(H,40,43)/t28-/m1/s1. The topological polar surface area (TPSA) is 148 Å². The summed E-state index contributed by atoms with van der Waals surface area (Å²) in [5.41, 5.74) is 1.80. The molecule has 3 aromatic rings. The molecule has 254 valence electrons. The fraction of sp³-hybridized carbons (Fsp3) is 0.417. The molecule has 1 aliphatic heterocycles. The van der Waals surface area contributed by atoms with E-state index in [4.69, 9.17) is 14.2 Å². The molecule has 1 aliphatic carbocycles. The third-order valence-electron chi connectivity index (χ3n) is 8.66. The van der Waals surface area contributed by atoms with E-state index in [1.54, 1.807) is 36.4 Å². The molecule has 0 saturated heterocycles. The number of carbonyl (C=O) groups is 4. The number of fused-ring (bicyclic) bond motifs is 5. The summed E-state index contributed by atoms with van der Waals surface area (Å²) in [4.78, 5) is 60.4. The van der Waals surface area contributed by atoms with Gasteiger partial charge in [-0.05, 0) is 55.0 Å². The summed E-state index contributed by atoms with van der Waals surface area (Å²) >= 11 is 0. The third-order valence-corrected chi connectivity index (χ3v) is 8.66. The largest absolute Gasteiger partial charge is 0.496 e. The van der Waals surface area contributed by atoms with Gasteiger partial charge in [0.1, 0.15) is 17.3 Å². The molecule has 12 heteroatoms. The summed E-state index contributed by atoms with van der Waals surface area (Å²) < 4.78 is 16.9. The molecule has 0 unspecified atom stereocenters. The zero-order valence-electron chi connectivity index (χ0n) is 28.1. The fourth-order valence-corrected chi connectivity index (χ4v) is 5.93. The Morgan fingerprint density at radius 1 is 0.979 bits per heavy atom. The van der Waals surface area contributed by atoms with Crippen molar-refractivity contribution in [3.63, 3.8) is 0 Å². The van der Waals surface area contributed by atoms with Crippen LogP contribution in [0, 0.1) is 5.92 Å². The van der Waals surface area contributed by atoms with Crippen molar-refractivity contribution in [2.75, 3.05) is 34.4 Å². The van der Waals surface area contributed by atoms with Gasteiger partial charge in [-0.2, -0.15) is 0 Å². The second kappa shape index (κ2) is 14.7. The van der Waals surface area contributed by atoms with Gasteiger partial charge in [-0.3, -0.25) is 24.2 Å². The monoisotopic (exact) mass is 657 g/mol. The molecular formula is C36H43N5O7. The summed E-state index contributed by atoms with van der Waals surface area (Å²) in [7, 11) is 4.61. The van der Waals surface area contributed by atoms with Crippen LogP contribution >= 0.6 is 0 Å². The summed E-state index contributed by atoms with van der Waals surface area (Å²) in [6, 6.07) is 11.9. The minimum absolute atomic E-state index is 0.0767. The smallest absolute Gasteiger partial charge is 0.253 e. The Balaban J connectivity index is 1.56. The average molecular weight is 658 g/mol. The Bertz CT molecular complexity index is 1690. The van der Waals surface area contributed by atoms with Crippen LogP contribution in [0.4, 0.5) is 0 Å². The van der Waals surface area contributed by atoms with Crippen LogP contribution in [0.3, 0.4) is 0 Å². The number of para-hydroxylation sites is 1. The van der Waals surface area contributed by atoms with Crippen molar-refractivity contribution in [1.82, 2.24) is 25.8 Å². The van der Waals surface area contributed by atoms with Gasteiger partial charge < -0.3 is 35.1 Å². The van der Waals surface area contributed by atoms with Crippen LogP contribution < -0.4 is 30.2 Å². The molecule has 4 bridgehead atoms. The number of hydrogen-bond donors (Lipinski definition) is 3. The van der Waals surface area contributed by atoms with E-state index in [1.165, 1.54) is 20.4 Å². The predicted octanol–water partition coefficient (Wildman–Crippen LogP) is 3.27. The van der Waals surface area contributed by atoms with E-state index in [1.807, 2.05) is 38.1 Å². The molecule has 3 N–H and O–H groups in total. The first-order valence-corrected chi connectivity index (χ1v) is 16.1. The van der Waals surface area contributed by atoms with E-state index < -0.39 is 23.4 Å². The first-order chi connectivity index (χ1) is 23.1. The molecule has 12 nitrogen and oxygen atoms in total. The lowest BCUT2D eigenvalue weighted by Gasteiger charge is -2.27. The Kier molecular flexibility index (Phi) is 10.5. The Morgan fingerprint density at radius 3 is 2.40 bits per heavy atom. The maximum Gasteiger partial charge on any atom is 0.253 e. The fourth-order valence-electron chi connectivity index (χ4n) is 5.93. The molecule has 1 saturated carbocycles. The SMILES string of the molecule is COc1ccccc1CC(=O)N1CCNC(=O)[C@@H](CC(C)C)NC(=O)C2(CC2)NC(=O)c2cncc(c2)-c2cc(cc(OC)c2OC)C1. The number of pyridine rings is 1. The third kappa shape index (κ3) is 7.70. The highest BCUT2D eigenvalue weighted by molar-refractivity contribution is 6.02. The first kappa shape index (κ1) is 34.2. The van der Waals surface area contributed by atoms with Gasteiger partial charge in [0.25, 0.3) is 5.91 Å². The highest BCUT2D eigenvalue weighted by Crippen LogP contribution is 2.40. The lowest BCUT2D eigenvalue weighted by atomic mass is 10.00.